The summed E-state index contributed by atoms with van der Waals surface area (Å²) in [6.45, 7) is -3.05. The second-order valence-electron chi connectivity index (χ2n) is 5.59. The van der Waals surface area contributed by atoms with E-state index < -0.39 is 61.6 Å². The quantitative estimate of drug-likeness (QED) is 0.804. The van der Waals surface area contributed by atoms with Crippen LogP contribution in [-0.4, -0.2) is 58.9 Å². The average Bonchev–Trinajstić information content (AvgIpc) is 2.98. The second kappa shape index (κ2) is 7.00. The molecule has 1 fully saturated rings. The maximum absolute atomic E-state index is 12.9. The van der Waals surface area contributed by atoms with Gasteiger partial charge in [-0.05, 0) is 6.07 Å². The minimum Gasteiger partial charge on any atom is -0.481 e. The average molecular weight is 386 g/mol. The molecule has 26 heavy (non-hydrogen) atoms. The van der Waals surface area contributed by atoms with Crippen molar-refractivity contribution < 1.29 is 45.8 Å². The number of aromatic nitrogens is 1. The number of carbonyl (C=O) groups excluding carboxylic acids is 1. The number of carboxylic acids is 1. The van der Waals surface area contributed by atoms with Gasteiger partial charge in [-0.25, -0.2) is 4.98 Å². The number of rotatable bonds is 4. The molecule has 1 N–H and O–H groups in total. The number of pyridine rings is 1. The highest BCUT2D eigenvalue weighted by Crippen LogP contribution is 2.38. The number of amides is 1. The Kier molecular flexibility index (Phi) is 5.33. The van der Waals surface area contributed by atoms with Crippen LogP contribution in [0, 0.1) is 11.8 Å². The molecule has 0 aliphatic carbocycles. The number of aliphatic carboxylic acids is 1. The number of hydrogen-bond donors (Lipinski definition) is 1. The second-order valence-corrected chi connectivity index (χ2v) is 5.59. The van der Waals surface area contributed by atoms with Crippen molar-refractivity contribution in [2.75, 3.05) is 19.7 Å². The van der Waals surface area contributed by atoms with Crippen molar-refractivity contribution in [2.24, 2.45) is 11.8 Å². The van der Waals surface area contributed by atoms with E-state index in [4.69, 9.17) is 5.11 Å². The highest BCUT2D eigenvalue weighted by Gasteiger charge is 2.53. The number of nitrogens with zero attached hydrogens (tertiary/aromatic N) is 2. The standard InChI is InChI=1S/C14H12F6N2O4/c15-13(16,17)6-26-10-2-1-7(3-21-10)11(23)22-4-8(12(24)25)9(5-22)14(18,19)20/h1-3,8-9H,4-6H2,(H,24,25)/t8-,9-/m1/s1. The number of carbonyl (C=O) groups is 2. The highest BCUT2D eigenvalue weighted by atomic mass is 19.4. The molecule has 1 aliphatic heterocycles. The van der Waals surface area contributed by atoms with Gasteiger partial charge in [0.15, 0.2) is 6.61 Å². The summed E-state index contributed by atoms with van der Waals surface area (Å²) < 4.78 is 79.2. The molecule has 12 heteroatoms. The molecule has 0 aromatic carbocycles. The van der Waals surface area contributed by atoms with Gasteiger partial charge in [0, 0.05) is 25.4 Å². The van der Waals surface area contributed by atoms with E-state index in [1.54, 1.807) is 0 Å². The third-order valence-electron chi connectivity index (χ3n) is 3.71. The first-order valence-electron chi connectivity index (χ1n) is 7.13. The van der Waals surface area contributed by atoms with Crippen molar-refractivity contribution in [3.8, 4) is 5.88 Å². The fourth-order valence-electron chi connectivity index (χ4n) is 2.48. The molecular formula is C14H12F6N2O4. The third kappa shape index (κ3) is 4.76. The summed E-state index contributed by atoms with van der Waals surface area (Å²) in [7, 11) is 0. The van der Waals surface area contributed by atoms with Crippen molar-refractivity contribution in [1.82, 2.24) is 9.88 Å². The predicted molar refractivity (Wildman–Crippen MR) is 72.4 cm³/mol. The molecule has 0 unspecified atom stereocenters. The number of carboxylic acid groups (broad SMARTS) is 1. The fourth-order valence-corrected chi connectivity index (χ4v) is 2.48. The van der Waals surface area contributed by atoms with Crippen molar-refractivity contribution in [3.63, 3.8) is 0 Å². The Hall–Kier alpha value is -2.53. The number of alkyl halides is 6. The van der Waals surface area contributed by atoms with Crippen LogP contribution in [0.5, 0.6) is 5.88 Å². The number of halogens is 6. The van der Waals surface area contributed by atoms with Crippen LogP contribution in [-0.2, 0) is 4.79 Å². The van der Waals surface area contributed by atoms with Crippen LogP contribution in [0.25, 0.3) is 0 Å². The molecule has 144 valence electrons. The highest BCUT2D eigenvalue weighted by molar-refractivity contribution is 5.94. The molecule has 2 heterocycles. The molecule has 0 spiro atoms. The largest absolute Gasteiger partial charge is 0.481 e. The first-order valence-corrected chi connectivity index (χ1v) is 7.13. The molecule has 0 radical (unpaired) electrons. The van der Waals surface area contributed by atoms with Gasteiger partial charge in [-0.3, -0.25) is 9.59 Å². The molecule has 1 aromatic heterocycles. The van der Waals surface area contributed by atoms with E-state index in [9.17, 15) is 35.9 Å². The Morgan fingerprint density at radius 3 is 2.27 bits per heavy atom. The van der Waals surface area contributed by atoms with Crippen molar-refractivity contribution in [3.05, 3.63) is 23.9 Å². The first kappa shape index (κ1) is 19.8. The predicted octanol–water partition coefficient (Wildman–Crippen LogP) is 2.36. The summed E-state index contributed by atoms with van der Waals surface area (Å²) in [4.78, 5) is 27.4. The lowest BCUT2D eigenvalue weighted by Gasteiger charge is -2.18. The molecule has 2 atom stereocenters. The lowest BCUT2D eigenvalue weighted by Crippen LogP contribution is -2.34. The van der Waals surface area contributed by atoms with Gasteiger partial charge in [0.25, 0.3) is 5.91 Å². The van der Waals surface area contributed by atoms with Crippen LogP contribution in [0.4, 0.5) is 26.3 Å². The molecule has 1 aliphatic rings. The summed E-state index contributed by atoms with van der Waals surface area (Å²) >= 11 is 0. The lowest BCUT2D eigenvalue weighted by atomic mass is 9.96. The van der Waals surface area contributed by atoms with Crippen molar-refractivity contribution in [2.45, 2.75) is 12.4 Å². The lowest BCUT2D eigenvalue weighted by molar-refractivity contribution is -0.187. The topological polar surface area (TPSA) is 79.7 Å². The Morgan fingerprint density at radius 1 is 1.19 bits per heavy atom. The zero-order chi connectivity index (χ0) is 19.7. The van der Waals surface area contributed by atoms with E-state index in [1.807, 2.05) is 0 Å². The van der Waals surface area contributed by atoms with E-state index in [-0.39, 0.29) is 5.56 Å². The zero-order valence-corrected chi connectivity index (χ0v) is 12.8. The SMILES string of the molecule is O=C(O)[C@@H]1CN(C(=O)c2ccc(OCC(F)(F)F)nc2)C[C@H]1C(F)(F)F. The summed E-state index contributed by atoms with van der Waals surface area (Å²) in [6.07, 6.45) is -8.51. The number of hydrogen-bond acceptors (Lipinski definition) is 4. The zero-order valence-electron chi connectivity index (χ0n) is 12.8. The normalized spacial score (nSPS) is 20.9. The van der Waals surface area contributed by atoms with Gasteiger partial charge in [0.05, 0.1) is 17.4 Å². The van der Waals surface area contributed by atoms with Crippen LogP contribution >= 0.6 is 0 Å². The van der Waals surface area contributed by atoms with Crippen molar-refractivity contribution in [1.29, 1.82) is 0 Å². The Bertz CT molecular complexity index is 673. The number of ether oxygens (including phenoxy) is 1. The van der Waals surface area contributed by atoms with E-state index in [2.05, 4.69) is 9.72 Å². The Balaban J connectivity index is 2.08. The monoisotopic (exact) mass is 386 g/mol. The van der Waals surface area contributed by atoms with Gasteiger partial charge >= 0.3 is 18.3 Å². The summed E-state index contributed by atoms with van der Waals surface area (Å²) in [5.41, 5.74) is -0.198. The van der Waals surface area contributed by atoms with Gasteiger partial charge in [-0.15, -0.1) is 0 Å². The summed E-state index contributed by atoms with van der Waals surface area (Å²) in [5.74, 6) is -6.99. The number of likely N-dealkylation sites (tertiary alicyclic amines) is 1. The maximum Gasteiger partial charge on any atom is 0.422 e. The molecule has 1 saturated heterocycles. The van der Waals surface area contributed by atoms with Gasteiger partial charge in [0.1, 0.15) is 0 Å². The van der Waals surface area contributed by atoms with E-state index >= 15 is 0 Å². The molecule has 0 saturated carbocycles. The molecule has 1 amide bonds. The molecular weight excluding hydrogens is 374 g/mol. The van der Waals surface area contributed by atoms with Gasteiger partial charge in [0.2, 0.25) is 5.88 Å². The van der Waals surface area contributed by atoms with Gasteiger partial charge in [-0.1, -0.05) is 0 Å². The van der Waals surface area contributed by atoms with Crippen LogP contribution < -0.4 is 4.74 Å². The molecule has 1 aromatic rings. The minimum atomic E-state index is -4.79. The third-order valence-corrected chi connectivity index (χ3v) is 3.71. The fraction of sp³-hybridized carbons (Fsp3) is 0.500. The van der Waals surface area contributed by atoms with Gasteiger partial charge < -0.3 is 14.7 Å². The van der Waals surface area contributed by atoms with Crippen LogP contribution in [0.3, 0.4) is 0 Å². The van der Waals surface area contributed by atoms with Gasteiger partial charge in [-0.2, -0.15) is 26.3 Å². The Labute approximate surface area is 142 Å². The Morgan fingerprint density at radius 2 is 1.85 bits per heavy atom. The molecule has 0 bridgehead atoms. The van der Waals surface area contributed by atoms with E-state index in [0.717, 1.165) is 23.2 Å². The first-order chi connectivity index (χ1) is 11.9. The summed E-state index contributed by atoms with van der Waals surface area (Å²) in [6, 6.07) is 2.00. The summed E-state index contributed by atoms with van der Waals surface area (Å²) in [5, 5.41) is 8.92. The van der Waals surface area contributed by atoms with E-state index in [1.165, 1.54) is 0 Å². The van der Waals surface area contributed by atoms with Crippen LogP contribution in [0.1, 0.15) is 10.4 Å². The maximum atomic E-state index is 12.9. The van der Waals surface area contributed by atoms with Crippen LogP contribution in [0.2, 0.25) is 0 Å². The van der Waals surface area contributed by atoms with Crippen molar-refractivity contribution >= 4 is 11.9 Å². The minimum absolute atomic E-state index is 0.198. The molecule has 6 nitrogen and oxygen atoms in total. The smallest absolute Gasteiger partial charge is 0.422 e. The molecule has 2 rings (SSSR count). The van der Waals surface area contributed by atoms with Crippen LogP contribution in [0.15, 0.2) is 18.3 Å². The van der Waals surface area contributed by atoms with E-state index in [0.29, 0.717) is 0 Å².